The molecule has 186 valence electrons. The summed E-state index contributed by atoms with van der Waals surface area (Å²) in [6, 6.07) is 12.2. The number of nitrogens with one attached hydrogen (secondary N) is 2. The molecule has 0 bridgehead atoms. The molecule has 36 heavy (non-hydrogen) atoms. The first kappa shape index (κ1) is 24.7. The Morgan fingerprint density at radius 1 is 1.22 bits per heavy atom. The van der Waals surface area contributed by atoms with Crippen molar-refractivity contribution in [3.63, 3.8) is 0 Å². The molecule has 3 heterocycles. The average Bonchev–Trinajstić information content (AvgIpc) is 3.19. The second-order valence-electron chi connectivity index (χ2n) is 9.25. The lowest BCUT2D eigenvalue weighted by Gasteiger charge is -2.41. The van der Waals surface area contributed by atoms with Crippen LogP contribution in [0.4, 0.5) is 10.5 Å². The minimum Gasteiger partial charge on any atom is -0.365 e. The van der Waals surface area contributed by atoms with Crippen molar-refractivity contribution in [1.82, 2.24) is 20.6 Å². The molecule has 2 aliphatic rings. The summed E-state index contributed by atoms with van der Waals surface area (Å²) in [5.41, 5.74) is 4.30. The van der Waals surface area contributed by atoms with Crippen LogP contribution in [0.15, 0.2) is 47.6 Å². The van der Waals surface area contributed by atoms with E-state index in [4.69, 9.17) is 11.6 Å². The zero-order valence-electron chi connectivity index (χ0n) is 20.3. The van der Waals surface area contributed by atoms with Gasteiger partial charge in [0.2, 0.25) is 0 Å². The van der Waals surface area contributed by atoms with Crippen molar-refractivity contribution in [3.8, 4) is 11.3 Å². The monoisotopic (exact) mass is 521 g/mol. The maximum atomic E-state index is 12.0. The van der Waals surface area contributed by atoms with Crippen LogP contribution in [-0.4, -0.2) is 46.8 Å². The Morgan fingerprint density at radius 2 is 2.08 bits per heavy atom. The number of aromatic nitrogens is 2. The lowest BCUT2D eigenvalue weighted by molar-refractivity contribution is -0.115. The van der Waals surface area contributed by atoms with Crippen molar-refractivity contribution in [2.75, 3.05) is 24.5 Å². The van der Waals surface area contributed by atoms with Crippen LogP contribution in [-0.2, 0) is 4.79 Å². The third-order valence-corrected chi connectivity index (χ3v) is 7.93. The molecular formula is C27H28ClN5O2S. The fourth-order valence-corrected chi connectivity index (χ4v) is 6.01. The van der Waals surface area contributed by atoms with Crippen molar-refractivity contribution < 1.29 is 9.59 Å². The van der Waals surface area contributed by atoms with Gasteiger partial charge in [0.1, 0.15) is 6.33 Å². The van der Waals surface area contributed by atoms with E-state index in [1.165, 1.54) is 6.42 Å². The fraction of sp³-hybridized carbons (Fsp3) is 0.333. The Balaban J connectivity index is 1.50. The summed E-state index contributed by atoms with van der Waals surface area (Å²) in [5.74, 6) is 0.184. The summed E-state index contributed by atoms with van der Waals surface area (Å²) in [7, 11) is 0. The Labute approximate surface area is 219 Å². The summed E-state index contributed by atoms with van der Waals surface area (Å²) < 4.78 is 0. The number of anilines is 1. The van der Waals surface area contributed by atoms with Crippen LogP contribution in [0.3, 0.4) is 0 Å². The van der Waals surface area contributed by atoms with Gasteiger partial charge in [0, 0.05) is 36.6 Å². The predicted molar refractivity (Wildman–Crippen MR) is 147 cm³/mol. The average molecular weight is 522 g/mol. The van der Waals surface area contributed by atoms with Gasteiger partial charge in [-0.1, -0.05) is 44.0 Å². The molecule has 0 aliphatic carbocycles. The van der Waals surface area contributed by atoms with E-state index in [2.05, 4.69) is 51.5 Å². The molecule has 2 aromatic carbocycles. The maximum absolute atomic E-state index is 12.0. The number of piperazine rings is 1. The van der Waals surface area contributed by atoms with Crippen molar-refractivity contribution >= 4 is 57.2 Å². The van der Waals surface area contributed by atoms with E-state index >= 15 is 0 Å². The van der Waals surface area contributed by atoms with E-state index in [0.29, 0.717) is 21.9 Å². The molecule has 9 heteroatoms. The normalized spacial score (nSPS) is 20.2. The number of rotatable bonds is 6. The Kier molecular flexibility index (Phi) is 7.27. The largest absolute Gasteiger partial charge is 0.365 e. The third-order valence-electron chi connectivity index (χ3n) is 6.81. The number of hydrogen-bond donors (Lipinski definition) is 2. The molecule has 0 radical (unpaired) electrons. The van der Waals surface area contributed by atoms with Gasteiger partial charge < -0.3 is 10.2 Å². The number of imide groups is 1. The second-order valence-corrected chi connectivity index (χ2v) is 10.7. The van der Waals surface area contributed by atoms with Crippen LogP contribution in [0.2, 0.25) is 5.02 Å². The first-order chi connectivity index (χ1) is 17.4. The molecule has 1 aromatic heterocycles. The lowest BCUT2D eigenvalue weighted by Crippen LogP contribution is -2.54. The zero-order valence-corrected chi connectivity index (χ0v) is 21.8. The zero-order chi connectivity index (χ0) is 25.2. The van der Waals surface area contributed by atoms with Gasteiger partial charge in [-0.2, -0.15) is 0 Å². The quantitative estimate of drug-likeness (QED) is 0.415. The summed E-state index contributed by atoms with van der Waals surface area (Å²) in [4.78, 5) is 35.3. The summed E-state index contributed by atoms with van der Waals surface area (Å²) in [5, 5.41) is 7.01. The molecule has 5 rings (SSSR count). The van der Waals surface area contributed by atoms with Gasteiger partial charge in [-0.3, -0.25) is 14.9 Å². The smallest absolute Gasteiger partial charge is 0.290 e. The van der Waals surface area contributed by atoms with Crippen LogP contribution in [0.25, 0.3) is 28.2 Å². The van der Waals surface area contributed by atoms with Gasteiger partial charge in [0.05, 0.1) is 26.8 Å². The minimum absolute atomic E-state index is 0.360. The number of hydrogen-bond acceptors (Lipinski definition) is 7. The van der Waals surface area contributed by atoms with E-state index in [0.717, 1.165) is 71.2 Å². The standard InChI is InChI=1S/C27H28ClN5O2S/c1-3-4-16(2)23-14-29-9-10-33(23)22-8-6-18(13-20(22)28)25-19-11-17(5-7-21(19)30-15-31-25)12-24-26(34)32-27(35)36-24/h5-8,11-13,15-16,23,29H,3-4,9-10,14H2,1-2H3,(H,32,34,35)/b24-12-. The molecular weight excluding hydrogens is 494 g/mol. The Morgan fingerprint density at radius 3 is 2.83 bits per heavy atom. The van der Waals surface area contributed by atoms with Crippen molar-refractivity contribution in [2.24, 2.45) is 5.92 Å². The van der Waals surface area contributed by atoms with Crippen molar-refractivity contribution in [3.05, 3.63) is 58.2 Å². The van der Waals surface area contributed by atoms with Crippen LogP contribution >= 0.6 is 23.4 Å². The third kappa shape index (κ3) is 4.98. The predicted octanol–water partition coefficient (Wildman–Crippen LogP) is 5.49. The molecule has 2 saturated heterocycles. The SMILES string of the molecule is CCCC(C)C1CNCCN1c1ccc(-c2ncnc3ccc(/C=C4\SC(=O)NC4=O)cc23)cc1Cl. The van der Waals surface area contributed by atoms with E-state index in [9.17, 15) is 9.59 Å². The maximum Gasteiger partial charge on any atom is 0.290 e. The Bertz CT molecular complexity index is 1360. The number of carbonyl (C=O) groups is 2. The highest BCUT2D eigenvalue weighted by Gasteiger charge is 2.28. The molecule has 2 unspecified atom stereocenters. The van der Waals surface area contributed by atoms with E-state index < -0.39 is 0 Å². The summed E-state index contributed by atoms with van der Waals surface area (Å²) in [6.07, 6.45) is 5.60. The number of fused-ring (bicyclic) bond motifs is 1. The summed E-state index contributed by atoms with van der Waals surface area (Å²) >= 11 is 7.79. The van der Waals surface area contributed by atoms with E-state index in [1.807, 2.05) is 24.3 Å². The number of benzene rings is 2. The second kappa shape index (κ2) is 10.6. The molecule has 2 atom stereocenters. The fourth-order valence-electron chi connectivity index (χ4n) is 5.03. The molecule has 3 aromatic rings. The highest BCUT2D eigenvalue weighted by atomic mass is 35.5. The molecule has 0 saturated carbocycles. The van der Waals surface area contributed by atoms with Gasteiger partial charge in [-0.25, -0.2) is 9.97 Å². The highest BCUT2D eigenvalue weighted by Crippen LogP contribution is 2.36. The number of nitrogens with zero attached hydrogens (tertiary/aromatic N) is 3. The van der Waals surface area contributed by atoms with Gasteiger partial charge in [-0.05, 0) is 60.0 Å². The molecule has 2 fully saturated rings. The Hall–Kier alpha value is -2.94. The van der Waals surface area contributed by atoms with Crippen LogP contribution in [0.1, 0.15) is 32.3 Å². The minimum atomic E-state index is -0.378. The van der Waals surface area contributed by atoms with Gasteiger partial charge in [0.25, 0.3) is 11.1 Å². The number of amides is 2. The molecule has 7 nitrogen and oxygen atoms in total. The highest BCUT2D eigenvalue weighted by molar-refractivity contribution is 8.18. The van der Waals surface area contributed by atoms with Gasteiger partial charge in [-0.15, -0.1) is 0 Å². The van der Waals surface area contributed by atoms with Crippen LogP contribution < -0.4 is 15.5 Å². The first-order valence-corrected chi connectivity index (χ1v) is 13.4. The first-order valence-electron chi connectivity index (χ1n) is 12.2. The van der Waals surface area contributed by atoms with E-state index in [1.54, 1.807) is 12.4 Å². The van der Waals surface area contributed by atoms with Crippen molar-refractivity contribution in [1.29, 1.82) is 0 Å². The molecule has 2 amide bonds. The van der Waals surface area contributed by atoms with Gasteiger partial charge in [0.15, 0.2) is 0 Å². The van der Waals surface area contributed by atoms with E-state index in [-0.39, 0.29) is 11.1 Å². The molecule has 2 aliphatic heterocycles. The topological polar surface area (TPSA) is 87.2 Å². The number of halogens is 1. The van der Waals surface area contributed by atoms with Crippen LogP contribution in [0.5, 0.6) is 0 Å². The molecule has 2 N–H and O–H groups in total. The van der Waals surface area contributed by atoms with Gasteiger partial charge >= 0.3 is 0 Å². The number of thioether (sulfide) groups is 1. The van der Waals surface area contributed by atoms with Crippen molar-refractivity contribution in [2.45, 2.75) is 32.7 Å². The van der Waals surface area contributed by atoms with Crippen LogP contribution in [0, 0.1) is 5.92 Å². The summed E-state index contributed by atoms with van der Waals surface area (Å²) in [6.45, 7) is 7.36. The number of carbonyl (C=O) groups excluding carboxylic acids is 2. The molecule has 0 spiro atoms. The lowest BCUT2D eigenvalue weighted by atomic mass is 9.93.